The Labute approximate surface area is 245 Å². The Morgan fingerprint density at radius 3 is 2.44 bits per heavy atom. The Balaban J connectivity index is 1.36. The molecule has 3 aromatic carbocycles. The molecule has 0 aromatic heterocycles. The molecule has 3 aromatic rings. The van der Waals surface area contributed by atoms with Crippen molar-refractivity contribution >= 4 is 5.97 Å². The van der Waals surface area contributed by atoms with E-state index in [0.29, 0.717) is 19.5 Å². The van der Waals surface area contributed by atoms with E-state index in [-0.39, 0.29) is 24.7 Å². The molecule has 0 spiro atoms. The van der Waals surface area contributed by atoms with Gasteiger partial charge in [-0.3, -0.25) is 4.79 Å². The van der Waals surface area contributed by atoms with Gasteiger partial charge in [0.2, 0.25) is 0 Å². The van der Waals surface area contributed by atoms with Crippen LogP contribution in [0.4, 0.5) is 0 Å². The van der Waals surface area contributed by atoms with Gasteiger partial charge in [-0.1, -0.05) is 66.7 Å². The zero-order chi connectivity index (χ0) is 29.1. The van der Waals surface area contributed by atoms with Crippen molar-refractivity contribution in [2.24, 2.45) is 0 Å². The van der Waals surface area contributed by atoms with E-state index in [2.05, 4.69) is 41.0 Å². The van der Waals surface area contributed by atoms with Crippen LogP contribution in [0, 0.1) is 0 Å². The van der Waals surface area contributed by atoms with Crippen LogP contribution in [0.15, 0.2) is 78.9 Å². The normalized spacial score (nSPS) is 16.7. The van der Waals surface area contributed by atoms with E-state index < -0.39 is 11.7 Å². The number of benzene rings is 3. The molecule has 0 bridgehead atoms. The molecule has 0 aliphatic heterocycles. The van der Waals surface area contributed by atoms with Gasteiger partial charge in [0.1, 0.15) is 24.1 Å². The number of carbonyl (C=O) groups excluding carboxylic acids is 1. The molecule has 6 heteroatoms. The van der Waals surface area contributed by atoms with Crippen LogP contribution in [0.2, 0.25) is 0 Å². The topological polar surface area (TPSA) is 79.8 Å². The number of aliphatic hydroxyl groups is 1. The molecule has 0 radical (unpaired) electrons. The lowest BCUT2D eigenvalue weighted by molar-refractivity contribution is -0.154. The van der Waals surface area contributed by atoms with Crippen LogP contribution < -0.4 is 15.4 Å². The van der Waals surface area contributed by atoms with E-state index in [1.807, 2.05) is 69.3 Å². The van der Waals surface area contributed by atoms with Crippen LogP contribution in [-0.2, 0) is 35.3 Å². The minimum Gasteiger partial charge on any atom is -0.491 e. The van der Waals surface area contributed by atoms with E-state index in [1.54, 1.807) is 0 Å². The molecule has 1 aliphatic rings. The van der Waals surface area contributed by atoms with Gasteiger partial charge in [0.05, 0.1) is 6.42 Å². The number of para-hydroxylation sites is 1. The Morgan fingerprint density at radius 2 is 1.71 bits per heavy atom. The summed E-state index contributed by atoms with van der Waals surface area (Å²) < 4.78 is 11.3. The summed E-state index contributed by atoms with van der Waals surface area (Å²) >= 11 is 0. The zero-order valence-corrected chi connectivity index (χ0v) is 24.8. The Kier molecular flexibility index (Phi) is 11.4. The predicted octanol–water partition coefficient (Wildman–Crippen LogP) is 5.40. The van der Waals surface area contributed by atoms with Crippen LogP contribution in [0.3, 0.4) is 0 Å². The Hall–Kier alpha value is -3.19. The monoisotopic (exact) mass is 558 g/mol. The van der Waals surface area contributed by atoms with Crippen LogP contribution in [-0.4, -0.2) is 48.0 Å². The summed E-state index contributed by atoms with van der Waals surface area (Å²) in [5, 5.41) is 18.5. The molecular formula is C35H46N2O4. The largest absolute Gasteiger partial charge is 0.491 e. The second-order valence-electron chi connectivity index (χ2n) is 12.1. The van der Waals surface area contributed by atoms with Gasteiger partial charge in [-0.05, 0) is 87.3 Å². The molecule has 2 unspecified atom stereocenters. The SMILES string of the molecule is CC(C)(C)OC(=O)CCNCc1ccc2c(c1)CC(NC(Cc1ccccc1)[C@H](O)COc1ccccc1)CCC2. The summed E-state index contributed by atoms with van der Waals surface area (Å²) in [6.07, 6.45) is 4.56. The minimum atomic E-state index is -0.654. The summed E-state index contributed by atoms with van der Waals surface area (Å²) in [5.74, 6) is 0.586. The fourth-order valence-corrected chi connectivity index (χ4v) is 5.38. The third kappa shape index (κ3) is 10.6. The van der Waals surface area contributed by atoms with Crippen molar-refractivity contribution in [3.63, 3.8) is 0 Å². The standard InChI is InChI=1S/C35H46N2O4/c1-35(2,3)41-34(39)19-20-36-24-27-17-18-28-13-10-14-30(23-29(28)21-27)37-32(22-26-11-6-4-7-12-26)33(38)25-40-31-15-8-5-9-16-31/h4-9,11-12,15-18,21,30,32-33,36-38H,10,13-14,19-20,22-25H2,1-3H3/t30?,32?,33-/m1/s1. The molecule has 6 nitrogen and oxygen atoms in total. The van der Waals surface area contributed by atoms with Gasteiger partial charge < -0.3 is 25.2 Å². The average molecular weight is 559 g/mol. The highest BCUT2D eigenvalue weighted by molar-refractivity contribution is 5.70. The number of nitrogens with one attached hydrogen (secondary N) is 2. The first kappa shape index (κ1) is 30.8. The predicted molar refractivity (Wildman–Crippen MR) is 164 cm³/mol. The highest BCUT2D eigenvalue weighted by Gasteiger charge is 2.26. The van der Waals surface area contributed by atoms with E-state index in [1.165, 1.54) is 22.3 Å². The van der Waals surface area contributed by atoms with Crippen molar-refractivity contribution in [1.29, 1.82) is 0 Å². The van der Waals surface area contributed by atoms with Crippen molar-refractivity contribution in [1.82, 2.24) is 10.6 Å². The first-order valence-corrected chi connectivity index (χ1v) is 14.9. The number of hydrogen-bond donors (Lipinski definition) is 3. The molecule has 1 aliphatic carbocycles. The van der Waals surface area contributed by atoms with E-state index in [4.69, 9.17) is 9.47 Å². The molecule has 220 valence electrons. The number of carbonyl (C=O) groups is 1. The molecular weight excluding hydrogens is 512 g/mol. The van der Waals surface area contributed by atoms with Crippen LogP contribution >= 0.6 is 0 Å². The zero-order valence-electron chi connectivity index (χ0n) is 24.8. The molecule has 41 heavy (non-hydrogen) atoms. The van der Waals surface area contributed by atoms with Crippen molar-refractivity contribution in [2.75, 3.05) is 13.2 Å². The number of hydrogen-bond acceptors (Lipinski definition) is 6. The molecule has 3 atom stereocenters. The number of ether oxygens (including phenoxy) is 2. The van der Waals surface area contributed by atoms with Gasteiger partial charge in [0.15, 0.2) is 0 Å². The maximum atomic E-state index is 12.0. The number of aryl methyl sites for hydroxylation is 1. The molecule has 0 amide bonds. The van der Waals surface area contributed by atoms with E-state index >= 15 is 0 Å². The lowest BCUT2D eigenvalue weighted by Crippen LogP contribution is -2.49. The molecule has 0 heterocycles. The van der Waals surface area contributed by atoms with Gasteiger partial charge in [0.25, 0.3) is 0 Å². The second-order valence-corrected chi connectivity index (χ2v) is 12.1. The minimum absolute atomic E-state index is 0.134. The summed E-state index contributed by atoms with van der Waals surface area (Å²) in [7, 11) is 0. The quantitative estimate of drug-likeness (QED) is 0.148. The van der Waals surface area contributed by atoms with Crippen LogP contribution in [0.1, 0.15) is 62.3 Å². The maximum absolute atomic E-state index is 12.0. The maximum Gasteiger partial charge on any atom is 0.307 e. The smallest absolute Gasteiger partial charge is 0.307 e. The van der Waals surface area contributed by atoms with Gasteiger partial charge >= 0.3 is 5.97 Å². The molecule has 0 fully saturated rings. The van der Waals surface area contributed by atoms with Gasteiger partial charge in [-0.15, -0.1) is 0 Å². The molecule has 0 saturated carbocycles. The Morgan fingerprint density at radius 1 is 0.976 bits per heavy atom. The average Bonchev–Trinajstić information content (AvgIpc) is 3.15. The van der Waals surface area contributed by atoms with Crippen LogP contribution in [0.25, 0.3) is 0 Å². The summed E-state index contributed by atoms with van der Waals surface area (Å²) in [4.78, 5) is 12.0. The van der Waals surface area contributed by atoms with Gasteiger partial charge in [-0.25, -0.2) is 0 Å². The molecule has 0 saturated heterocycles. The van der Waals surface area contributed by atoms with Crippen molar-refractivity contribution in [3.05, 3.63) is 101 Å². The lowest BCUT2D eigenvalue weighted by Gasteiger charge is -2.29. The van der Waals surface area contributed by atoms with E-state index in [9.17, 15) is 9.90 Å². The third-order valence-corrected chi connectivity index (χ3v) is 7.37. The first-order chi connectivity index (χ1) is 19.7. The van der Waals surface area contributed by atoms with Gasteiger partial charge in [-0.2, -0.15) is 0 Å². The summed E-state index contributed by atoms with van der Waals surface area (Å²) in [5.41, 5.74) is 4.71. The van der Waals surface area contributed by atoms with Crippen LogP contribution in [0.5, 0.6) is 5.75 Å². The summed E-state index contributed by atoms with van der Waals surface area (Å²) in [6, 6.07) is 26.9. The summed E-state index contributed by atoms with van der Waals surface area (Å²) in [6.45, 7) is 7.19. The molecule has 3 N–H and O–H groups in total. The second kappa shape index (κ2) is 15.2. The molecule has 4 rings (SSSR count). The number of aliphatic hydroxyl groups excluding tert-OH is 1. The first-order valence-electron chi connectivity index (χ1n) is 14.9. The number of rotatable bonds is 13. The fourth-order valence-electron chi connectivity index (χ4n) is 5.38. The van der Waals surface area contributed by atoms with E-state index in [0.717, 1.165) is 37.9 Å². The number of fused-ring (bicyclic) bond motifs is 1. The van der Waals surface area contributed by atoms with Crippen molar-refractivity contribution < 1.29 is 19.4 Å². The third-order valence-electron chi connectivity index (χ3n) is 7.37. The van der Waals surface area contributed by atoms with Crippen molar-refractivity contribution in [3.8, 4) is 5.75 Å². The number of esters is 1. The highest BCUT2D eigenvalue weighted by Crippen LogP contribution is 2.24. The van der Waals surface area contributed by atoms with Gasteiger partial charge in [0, 0.05) is 25.2 Å². The lowest BCUT2D eigenvalue weighted by atomic mass is 9.96. The highest BCUT2D eigenvalue weighted by atomic mass is 16.6. The Bertz CT molecular complexity index is 1210. The van der Waals surface area contributed by atoms with Crippen molar-refractivity contribution in [2.45, 2.75) is 89.6 Å². The fraction of sp³-hybridized carbons (Fsp3) is 0.457.